The molecule has 2 aromatic heterocycles. The Kier molecular flexibility index (Phi) is 7.40. The summed E-state index contributed by atoms with van der Waals surface area (Å²) in [5.41, 5.74) is 0.591. The lowest BCUT2D eigenvalue weighted by atomic mass is 9.81. The van der Waals surface area contributed by atoms with Crippen molar-refractivity contribution in [1.29, 1.82) is 0 Å². The second-order valence-electron chi connectivity index (χ2n) is 10.1. The third kappa shape index (κ3) is 5.54. The number of aliphatic hydroxyl groups excluding tert-OH is 1. The van der Waals surface area contributed by atoms with E-state index in [2.05, 4.69) is 10.3 Å². The highest BCUT2D eigenvalue weighted by atomic mass is 19.4. The second-order valence-corrected chi connectivity index (χ2v) is 10.1. The molecule has 200 valence electrons. The van der Waals surface area contributed by atoms with Crippen molar-refractivity contribution >= 4 is 27.6 Å². The molecule has 4 aromatic rings. The molecule has 0 spiro atoms. The van der Waals surface area contributed by atoms with E-state index < -0.39 is 23.9 Å². The van der Waals surface area contributed by atoms with Gasteiger partial charge in [-0.2, -0.15) is 13.2 Å². The van der Waals surface area contributed by atoms with Crippen LogP contribution in [0, 0.1) is 11.8 Å². The van der Waals surface area contributed by atoms with Crippen LogP contribution in [0.1, 0.15) is 47.2 Å². The molecule has 1 amide bonds. The number of pyridine rings is 1. The van der Waals surface area contributed by atoms with E-state index in [1.807, 2.05) is 28.8 Å². The standard InChI is InChI=1S/C29H30F3N3O3/c1-38-28(37)20-5-2-18(3-6-20)15-34-27(36)25-14-24(29(30,31)32)13-22-9-11-35(26(22)25)17-19-4-7-23-16-33-10-8-21(23)12-19/h4,7-14,16,18,20,28,37H,2-3,5-6,15,17H2,1H3,(H,34,36). The molecule has 2 N–H and O–H groups in total. The minimum atomic E-state index is -4.57. The van der Waals surface area contributed by atoms with E-state index in [1.165, 1.54) is 7.11 Å². The number of hydrogen-bond donors (Lipinski definition) is 2. The van der Waals surface area contributed by atoms with Crippen LogP contribution in [0.25, 0.3) is 21.7 Å². The van der Waals surface area contributed by atoms with Crippen LogP contribution in [-0.4, -0.2) is 40.5 Å². The lowest BCUT2D eigenvalue weighted by molar-refractivity contribution is -0.137. The first-order valence-electron chi connectivity index (χ1n) is 12.7. The Balaban J connectivity index is 1.40. The van der Waals surface area contributed by atoms with Crippen molar-refractivity contribution in [3.05, 3.63) is 77.7 Å². The van der Waals surface area contributed by atoms with Gasteiger partial charge in [0.25, 0.3) is 5.91 Å². The van der Waals surface area contributed by atoms with E-state index in [0.29, 0.717) is 24.0 Å². The third-order valence-electron chi connectivity index (χ3n) is 7.58. The molecular weight excluding hydrogens is 495 g/mol. The molecule has 0 saturated heterocycles. The normalized spacial score (nSPS) is 19.1. The Hall–Kier alpha value is -3.43. The first-order valence-corrected chi connectivity index (χ1v) is 12.7. The van der Waals surface area contributed by atoms with Crippen molar-refractivity contribution in [3.63, 3.8) is 0 Å². The summed E-state index contributed by atoms with van der Waals surface area (Å²) < 4.78 is 47.9. The average Bonchev–Trinajstić information content (AvgIpc) is 3.33. The smallest absolute Gasteiger partial charge is 0.368 e. The van der Waals surface area contributed by atoms with Crippen molar-refractivity contribution in [2.45, 2.75) is 44.7 Å². The molecule has 38 heavy (non-hydrogen) atoms. The monoisotopic (exact) mass is 525 g/mol. The average molecular weight is 526 g/mol. The van der Waals surface area contributed by atoms with Gasteiger partial charge in [0.2, 0.25) is 0 Å². The van der Waals surface area contributed by atoms with Crippen LogP contribution in [0.3, 0.4) is 0 Å². The highest BCUT2D eigenvalue weighted by molar-refractivity contribution is 6.06. The number of nitrogens with zero attached hydrogens (tertiary/aromatic N) is 2. The number of amides is 1. The molecule has 9 heteroatoms. The molecule has 0 bridgehead atoms. The Labute approximate surface area is 218 Å². The number of carbonyl (C=O) groups is 1. The number of aromatic nitrogens is 2. The predicted octanol–water partition coefficient (Wildman–Crippen LogP) is 5.76. The maximum Gasteiger partial charge on any atom is 0.416 e. The fourth-order valence-electron chi connectivity index (χ4n) is 5.45. The van der Waals surface area contributed by atoms with Gasteiger partial charge in [0.15, 0.2) is 6.29 Å². The summed E-state index contributed by atoms with van der Waals surface area (Å²) in [5, 5.41) is 15.2. The van der Waals surface area contributed by atoms with Gasteiger partial charge in [-0.25, -0.2) is 0 Å². The molecule has 0 radical (unpaired) electrons. The molecule has 6 nitrogen and oxygen atoms in total. The molecule has 2 aromatic carbocycles. The summed E-state index contributed by atoms with van der Waals surface area (Å²) in [6.07, 6.45) is 2.99. The number of methoxy groups -OCH3 is 1. The molecule has 1 unspecified atom stereocenters. The first-order chi connectivity index (χ1) is 18.2. The number of nitrogens with one attached hydrogen (secondary N) is 1. The van der Waals surface area contributed by atoms with E-state index >= 15 is 0 Å². The number of carbonyl (C=O) groups excluding carboxylic acids is 1. The Morgan fingerprint density at radius 1 is 1.11 bits per heavy atom. The van der Waals surface area contributed by atoms with Crippen molar-refractivity contribution in [1.82, 2.24) is 14.9 Å². The van der Waals surface area contributed by atoms with Gasteiger partial charge in [0, 0.05) is 55.5 Å². The van der Waals surface area contributed by atoms with Gasteiger partial charge in [0.05, 0.1) is 16.6 Å². The molecule has 2 heterocycles. The molecule has 1 saturated carbocycles. The first kappa shape index (κ1) is 26.2. The SMILES string of the molecule is COC(O)C1CCC(CNC(=O)c2cc(C(F)(F)F)cc3ccn(Cc4ccc5cnccc5c4)c23)CC1. The number of hydrogen-bond acceptors (Lipinski definition) is 4. The third-order valence-corrected chi connectivity index (χ3v) is 7.58. The van der Waals surface area contributed by atoms with Crippen LogP contribution >= 0.6 is 0 Å². The Morgan fingerprint density at radius 3 is 2.63 bits per heavy atom. The molecule has 1 fully saturated rings. The van der Waals surface area contributed by atoms with Crippen molar-refractivity contribution in [2.24, 2.45) is 11.8 Å². The van der Waals surface area contributed by atoms with Crippen LogP contribution in [0.4, 0.5) is 13.2 Å². The number of fused-ring (bicyclic) bond motifs is 2. The summed E-state index contributed by atoms with van der Waals surface area (Å²) in [6.45, 7) is 0.769. The zero-order chi connectivity index (χ0) is 26.9. The molecule has 1 aliphatic carbocycles. The molecular formula is C29H30F3N3O3. The van der Waals surface area contributed by atoms with Gasteiger partial charge < -0.3 is 19.7 Å². The summed E-state index contributed by atoms with van der Waals surface area (Å²) >= 11 is 0. The summed E-state index contributed by atoms with van der Waals surface area (Å²) in [5.74, 6) is -0.270. The van der Waals surface area contributed by atoms with Gasteiger partial charge in [-0.3, -0.25) is 9.78 Å². The maximum atomic E-state index is 13.7. The van der Waals surface area contributed by atoms with Crippen LogP contribution in [-0.2, 0) is 17.5 Å². The van der Waals surface area contributed by atoms with Crippen molar-refractivity contribution < 1.29 is 27.8 Å². The van der Waals surface area contributed by atoms with Crippen LogP contribution < -0.4 is 5.32 Å². The minimum absolute atomic E-state index is 0.00769. The molecule has 1 aliphatic rings. The number of alkyl halides is 3. The topological polar surface area (TPSA) is 76.4 Å². The molecule has 5 rings (SSSR count). The van der Waals surface area contributed by atoms with Gasteiger partial charge in [-0.05, 0) is 72.9 Å². The fraction of sp³-hybridized carbons (Fsp3) is 0.379. The molecule has 0 aliphatic heterocycles. The van der Waals surface area contributed by atoms with Gasteiger partial charge in [0.1, 0.15) is 0 Å². The van der Waals surface area contributed by atoms with Gasteiger partial charge in [-0.15, -0.1) is 0 Å². The highest BCUT2D eigenvalue weighted by Gasteiger charge is 2.33. The lowest BCUT2D eigenvalue weighted by Crippen LogP contribution is -2.34. The lowest BCUT2D eigenvalue weighted by Gasteiger charge is -2.30. The van der Waals surface area contributed by atoms with Crippen LogP contribution in [0.15, 0.2) is 61.1 Å². The fourth-order valence-corrected chi connectivity index (χ4v) is 5.45. The number of ether oxygens (including phenoxy) is 1. The minimum Gasteiger partial charge on any atom is -0.368 e. The van der Waals surface area contributed by atoms with Crippen molar-refractivity contribution in [3.8, 4) is 0 Å². The Morgan fingerprint density at radius 2 is 1.89 bits per heavy atom. The van der Waals surface area contributed by atoms with E-state index in [0.717, 1.165) is 54.2 Å². The summed E-state index contributed by atoms with van der Waals surface area (Å²) in [7, 11) is 1.47. The molecule has 1 atom stereocenters. The number of benzene rings is 2. The van der Waals surface area contributed by atoms with Crippen LogP contribution in [0.2, 0.25) is 0 Å². The van der Waals surface area contributed by atoms with Crippen LogP contribution in [0.5, 0.6) is 0 Å². The zero-order valence-corrected chi connectivity index (χ0v) is 21.0. The van der Waals surface area contributed by atoms with Gasteiger partial charge in [-0.1, -0.05) is 12.1 Å². The highest BCUT2D eigenvalue weighted by Crippen LogP contribution is 2.35. The second kappa shape index (κ2) is 10.7. The van der Waals surface area contributed by atoms with Crippen molar-refractivity contribution in [2.75, 3.05) is 13.7 Å². The van der Waals surface area contributed by atoms with Gasteiger partial charge >= 0.3 is 6.18 Å². The zero-order valence-electron chi connectivity index (χ0n) is 21.0. The number of halogens is 3. The quantitative estimate of drug-likeness (QED) is 0.301. The predicted molar refractivity (Wildman–Crippen MR) is 139 cm³/mol. The largest absolute Gasteiger partial charge is 0.416 e. The summed E-state index contributed by atoms with van der Waals surface area (Å²) in [4.78, 5) is 17.4. The van der Waals surface area contributed by atoms with E-state index in [4.69, 9.17) is 4.74 Å². The maximum absolute atomic E-state index is 13.7. The number of aliphatic hydroxyl groups is 1. The van der Waals surface area contributed by atoms with E-state index in [9.17, 15) is 23.1 Å². The Bertz CT molecular complexity index is 1440. The van der Waals surface area contributed by atoms with E-state index in [-0.39, 0.29) is 17.4 Å². The number of rotatable bonds is 7. The summed E-state index contributed by atoms with van der Waals surface area (Å²) in [6, 6.07) is 11.5. The van der Waals surface area contributed by atoms with E-state index in [1.54, 1.807) is 24.7 Å².